The van der Waals surface area contributed by atoms with Crippen molar-refractivity contribution in [3.05, 3.63) is 35.9 Å². The van der Waals surface area contributed by atoms with Gasteiger partial charge < -0.3 is 4.74 Å². The standard InChI is InChI=1S/C15H14Cl3N3O/c1-22-14-12(15(16,17)18)9-10-5-2-3-6-11(10)13(14)21-19-7-4-8-20-21/h2-3,5-7,9,20H,4,8H2,1H3. The molecule has 0 radical (unpaired) electrons. The van der Waals surface area contributed by atoms with Crippen LogP contribution in [0.25, 0.3) is 10.8 Å². The third-order valence-electron chi connectivity index (χ3n) is 3.43. The molecule has 0 amide bonds. The minimum atomic E-state index is -1.59. The molecule has 3 rings (SSSR count). The molecule has 1 aliphatic rings. The first kappa shape index (κ1) is 15.7. The van der Waals surface area contributed by atoms with Crippen molar-refractivity contribution in [1.29, 1.82) is 0 Å². The Hall–Kier alpha value is -1.20. The van der Waals surface area contributed by atoms with Gasteiger partial charge in [0.1, 0.15) is 5.69 Å². The zero-order chi connectivity index (χ0) is 15.7. The number of anilines is 1. The summed E-state index contributed by atoms with van der Waals surface area (Å²) < 4.78 is 3.96. The van der Waals surface area contributed by atoms with Crippen LogP contribution in [0.5, 0.6) is 5.75 Å². The van der Waals surface area contributed by atoms with Crippen LogP contribution in [-0.4, -0.2) is 19.9 Å². The number of nitrogens with zero attached hydrogens (tertiary/aromatic N) is 2. The van der Waals surface area contributed by atoms with Crippen LogP contribution in [0.4, 0.5) is 5.69 Å². The number of hydrogen-bond acceptors (Lipinski definition) is 4. The Morgan fingerprint density at radius 1 is 1.27 bits per heavy atom. The molecule has 0 unspecified atom stereocenters. The first-order valence-corrected chi connectivity index (χ1v) is 7.89. The Morgan fingerprint density at radius 2 is 2.05 bits per heavy atom. The van der Waals surface area contributed by atoms with E-state index in [-0.39, 0.29) is 0 Å². The van der Waals surface area contributed by atoms with Crippen molar-refractivity contribution in [3.8, 4) is 5.75 Å². The quantitative estimate of drug-likeness (QED) is 0.810. The predicted octanol–water partition coefficient (Wildman–Crippen LogP) is 4.38. The topological polar surface area (TPSA) is 36.9 Å². The molecular formula is C15H14Cl3N3O. The monoisotopic (exact) mass is 357 g/mol. The Morgan fingerprint density at radius 3 is 2.68 bits per heavy atom. The van der Waals surface area contributed by atoms with Gasteiger partial charge in [-0.05, 0) is 17.9 Å². The zero-order valence-electron chi connectivity index (χ0n) is 11.8. The molecule has 1 heterocycles. The fourth-order valence-corrected chi connectivity index (χ4v) is 2.91. The Balaban J connectivity index is 2.34. The van der Waals surface area contributed by atoms with E-state index in [2.05, 4.69) is 10.5 Å². The summed E-state index contributed by atoms with van der Waals surface area (Å²) in [4.78, 5) is 0. The molecule has 1 N–H and O–H groups in total. The number of methoxy groups -OCH3 is 1. The molecule has 7 heteroatoms. The van der Waals surface area contributed by atoms with E-state index >= 15 is 0 Å². The number of hydrogen-bond donors (Lipinski definition) is 1. The number of benzene rings is 2. The van der Waals surface area contributed by atoms with Gasteiger partial charge in [-0.3, -0.25) is 0 Å². The number of fused-ring (bicyclic) bond motifs is 1. The summed E-state index contributed by atoms with van der Waals surface area (Å²) >= 11 is 18.4. The number of rotatable bonds is 2. The van der Waals surface area contributed by atoms with E-state index < -0.39 is 3.79 Å². The van der Waals surface area contributed by atoms with E-state index in [1.807, 2.05) is 36.5 Å². The third kappa shape index (κ3) is 2.84. The molecule has 2 aromatic rings. The lowest BCUT2D eigenvalue weighted by Crippen LogP contribution is -2.38. The van der Waals surface area contributed by atoms with Crippen LogP contribution in [0.3, 0.4) is 0 Å². The number of nitrogens with one attached hydrogen (secondary N) is 1. The van der Waals surface area contributed by atoms with Crippen molar-refractivity contribution < 1.29 is 4.74 Å². The van der Waals surface area contributed by atoms with Crippen molar-refractivity contribution in [2.45, 2.75) is 10.2 Å². The van der Waals surface area contributed by atoms with Crippen LogP contribution in [0, 0.1) is 0 Å². The van der Waals surface area contributed by atoms with Gasteiger partial charge in [0.2, 0.25) is 3.79 Å². The van der Waals surface area contributed by atoms with Gasteiger partial charge in [-0.25, -0.2) is 5.43 Å². The number of alkyl halides is 3. The summed E-state index contributed by atoms with van der Waals surface area (Å²) in [5.41, 5.74) is 4.42. The van der Waals surface area contributed by atoms with Gasteiger partial charge in [0.05, 0.1) is 7.11 Å². The molecule has 0 saturated carbocycles. The van der Waals surface area contributed by atoms with Crippen LogP contribution in [0.2, 0.25) is 0 Å². The molecule has 22 heavy (non-hydrogen) atoms. The first-order valence-electron chi connectivity index (χ1n) is 6.75. The highest BCUT2D eigenvalue weighted by molar-refractivity contribution is 6.67. The second-order valence-corrected chi connectivity index (χ2v) is 7.11. The van der Waals surface area contributed by atoms with Crippen molar-refractivity contribution in [2.24, 2.45) is 5.10 Å². The molecule has 4 nitrogen and oxygen atoms in total. The van der Waals surface area contributed by atoms with Crippen LogP contribution in [0.15, 0.2) is 35.4 Å². The molecular weight excluding hydrogens is 345 g/mol. The SMILES string of the molecule is COc1c(C(Cl)(Cl)Cl)cc2ccccc2c1N1N=CCCN1. The van der Waals surface area contributed by atoms with Crippen LogP contribution >= 0.6 is 34.8 Å². The van der Waals surface area contributed by atoms with E-state index in [4.69, 9.17) is 39.5 Å². The fraction of sp³-hybridized carbons (Fsp3) is 0.267. The van der Waals surface area contributed by atoms with Crippen molar-refractivity contribution in [3.63, 3.8) is 0 Å². The Kier molecular flexibility index (Phi) is 4.37. The highest BCUT2D eigenvalue weighted by Crippen LogP contribution is 2.49. The number of halogens is 3. The number of ether oxygens (including phenoxy) is 1. The van der Waals surface area contributed by atoms with Gasteiger partial charge in [0.25, 0.3) is 0 Å². The fourth-order valence-electron chi connectivity index (χ4n) is 2.49. The van der Waals surface area contributed by atoms with Crippen LogP contribution in [0.1, 0.15) is 12.0 Å². The summed E-state index contributed by atoms with van der Waals surface area (Å²) in [6, 6.07) is 9.67. The highest BCUT2D eigenvalue weighted by Gasteiger charge is 2.31. The molecule has 1 aliphatic heterocycles. The minimum Gasteiger partial charge on any atom is -0.494 e. The van der Waals surface area contributed by atoms with Gasteiger partial charge in [-0.15, -0.1) is 0 Å². The van der Waals surface area contributed by atoms with E-state index in [0.29, 0.717) is 11.3 Å². The van der Waals surface area contributed by atoms with E-state index in [0.717, 1.165) is 29.4 Å². The molecule has 0 atom stereocenters. The molecule has 0 aliphatic carbocycles. The average Bonchev–Trinajstić information content (AvgIpc) is 2.53. The normalized spacial score (nSPS) is 15.4. The summed E-state index contributed by atoms with van der Waals surface area (Å²) in [5, 5.41) is 7.95. The van der Waals surface area contributed by atoms with Gasteiger partial charge >= 0.3 is 0 Å². The summed E-state index contributed by atoms with van der Waals surface area (Å²) in [7, 11) is 1.56. The number of hydrazone groups is 1. The van der Waals surface area contributed by atoms with Crippen molar-refractivity contribution >= 4 is 57.5 Å². The second kappa shape index (κ2) is 6.13. The summed E-state index contributed by atoms with van der Waals surface area (Å²) in [6.45, 7) is 0.777. The zero-order valence-corrected chi connectivity index (χ0v) is 14.1. The Labute approximate surface area is 143 Å². The summed E-state index contributed by atoms with van der Waals surface area (Å²) in [5.74, 6) is 0.491. The van der Waals surface area contributed by atoms with Gasteiger partial charge in [0, 0.05) is 23.7 Å². The molecule has 2 aromatic carbocycles. The van der Waals surface area contributed by atoms with Gasteiger partial charge in [-0.2, -0.15) is 10.2 Å². The highest BCUT2D eigenvalue weighted by atomic mass is 35.6. The maximum atomic E-state index is 6.13. The van der Waals surface area contributed by atoms with Crippen molar-refractivity contribution in [1.82, 2.24) is 5.43 Å². The number of hydrazine groups is 1. The molecule has 116 valence electrons. The molecule has 0 fully saturated rings. The predicted molar refractivity (Wildman–Crippen MR) is 93.3 cm³/mol. The van der Waals surface area contributed by atoms with Gasteiger partial charge in [0.15, 0.2) is 5.75 Å². The van der Waals surface area contributed by atoms with Crippen LogP contribution < -0.4 is 15.3 Å². The Bertz CT molecular complexity index is 728. The molecule has 0 saturated heterocycles. The largest absolute Gasteiger partial charge is 0.494 e. The van der Waals surface area contributed by atoms with Crippen molar-refractivity contribution in [2.75, 3.05) is 18.8 Å². The lowest BCUT2D eigenvalue weighted by atomic mass is 10.0. The molecule has 0 spiro atoms. The van der Waals surface area contributed by atoms with E-state index in [1.165, 1.54) is 0 Å². The maximum Gasteiger partial charge on any atom is 0.219 e. The first-order chi connectivity index (χ1) is 10.5. The van der Waals surface area contributed by atoms with E-state index in [1.54, 1.807) is 12.2 Å². The lowest BCUT2D eigenvalue weighted by Gasteiger charge is -2.28. The van der Waals surface area contributed by atoms with Gasteiger partial charge in [-0.1, -0.05) is 59.1 Å². The minimum absolute atomic E-state index is 0.483. The molecule has 0 aromatic heterocycles. The second-order valence-electron chi connectivity index (χ2n) is 4.83. The average molecular weight is 359 g/mol. The van der Waals surface area contributed by atoms with E-state index in [9.17, 15) is 0 Å². The third-order valence-corrected chi connectivity index (χ3v) is 4.04. The van der Waals surface area contributed by atoms with Crippen LogP contribution in [-0.2, 0) is 3.79 Å². The lowest BCUT2D eigenvalue weighted by molar-refractivity contribution is 0.408. The maximum absolute atomic E-state index is 6.13. The summed E-state index contributed by atoms with van der Waals surface area (Å²) in [6.07, 6.45) is 2.70. The molecule has 0 bridgehead atoms. The smallest absolute Gasteiger partial charge is 0.219 e.